The fourth-order valence-electron chi connectivity index (χ4n) is 3.94. The molecule has 0 fully saturated rings. The molecule has 0 saturated carbocycles. The van der Waals surface area contributed by atoms with Crippen LogP contribution in [0, 0.1) is 5.82 Å². The molecule has 2 amide bonds. The van der Waals surface area contributed by atoms with Gasteiger partial charge in [-0.1, -0.05) is 48.9 Å². The van der Waals surface area contributed by atoms with E-state index in [0.717, 1.165) is 4.31 Å². The Morgan fingerprint density at radius 1 is 0.947 bits per heavy atom. The third-order valence-corrected chi connectivity index (χ3v) is 7.85. The Bertz CT molecular complexity index is 1330. The number of benzene rings is 3. The number of halogens is 2. The normalized spacial score (nSPS) is 12.2. The van der Waals surface area contributed by atoms with Crippen molar-refractivity contribution >= 4 is 39.1 Å². The van der Waals surface area contributed by atoms with Crippen LogP contribution in [-0.2, 0) is 26.2 Å². The highest BCUT2D eigenvalue weighted by atomic mass is 35.5. The van der Waals surface area contributed by atoms with Crippen molar-refractivity contribution in [2.24, 2.45) is 0 Å². The van der Waals surface area contributed by atoms with E-state index in [-0.39, 0.29) is 35.5 Å². The quantitative estimate of drug-likeness (QED) is 0.358. The summed E-state index contributed by atoms with van der Waals surface area (Å²) in [6, 6.07) is 18.5. The van der Waals surface area contributed by atoms with Crippen LogP contribution >= 0.6 is 11.6 Å². The third kappa shape index (κ3) is 7.33. The minimum Gasteiger partial charge on any atom is -0.352 e. The van der Waals surface area contributed by atoms with Crippen molar-refractivity contribution < 1.29 is 22.4 Å². The first-order valence-corrected chi connectivity index (χ1v) is 14.0. The zero-order valence-electron chi connectivity index (χ0n) is 21.5. The van der Waals surface area contributed by atoms with E-state index in [1.54, 1.807) is 25.1 Å². The standard InChI is InChI=1S/C28H31ClFN3O4S/c1-4-26(28(35)31-20(2)3)32(18-21-10-14-23(30)15-11-21)27(34)19-33(24-16-12-22(29)13-17-24)38(36,37)25-8-6-5-7-9-25/h5-17,20,26H,4,18-19H2,1-3H3,(H,31,35)/t26-/m1/s1. The number of carbonyl (C=O) groups excluding carboxylic acids is 2. The average Bonchev–Trinajstić information content (AvgIpc) is 2.89. The van der Waals surface area contributed by atoms with E-state index in [4.69, 9.17) is 11.6 Å². The number of nitrogens with one attached hydrogen (secondary N) is 1. The molecule has 1 N–H and O–H groups in total. The van der Waals surface area contributed by atoms with Crippen LogP contribution in [0.15, 0.2) is 83.8 Å². The number of carbonyl (C=O) groups is 2. The van der Waals surface area contributed by atoms with E-state index in [2.05, 4.69) is 5.32 Å². The Morgan fingerprint density at radius 2 is 1.55 bits per heavy atom. The van der Waals surface area contributed by atoms with Gasteiger partial charge >= 0.3 is 0 Å². The molecular weight excluding hydrogens is 529 g/mol. The number of anilines is 1. The molecule has 7 nitrogen and oxygen atoms in total. The van der Waals surface area contributed by atoms with Gasteiger partial charge in [0.1, 0.15) is 18.4 Å². The minimum atomic E-state index is -4.15. The Labute approximate surface area is 228 Å². The summed E-state index contributed by atoms with van der Waals surface area (Å²) in [6.07, 6.45) is 0.290. The monoisotopic (exact) mass is 559 g/mol. The zero-order valence-corrected chi connectivity index (χ0v) is 23.0. The van der Waals surface area contributed by atoms with Crippen LogP contribution < -0.4 is 9.62 Å². The average molecular weight is 560 g/mol. The van der Waals surface area contributed by atoms with Gasteiger partial charge in [-0.05, 0) is 74.4 Å². The van der Waals surface area contributed by atoms with Gasteiger partial charge in [0.25, 0.3) is 10.0 Å². The molecule has 0 aromatic heterocycles. The van der Waals surface area contributed by atoms with Crippen molar-refractivity contribution in [1.29, 1.82) is 0 Å². The Morgan fingerprint density at radius 3 is 2.11 bits per heavy atom. The molecule has 0 heterocycles. The predicted octanol–water partition coefficient (Wildman–Crippen LogP) is 5.01. The summed E-state index contributed by atoms with van der Waals surface area (Å²) in [5.74, 6) is -1.38. The van der Waals surface area contributed by atoms with Crippen molar-refractivity contribution in [2.75, 3.05) is 10.8 Å². The Balaban J connectivity index is 2.04. The van der Waals surface area contributed by atoms with Gasteiger partial charge in [0.05, 0.1) is 10.6 Å². The number of sulfonamides is 1. The summed E-state index contributed by atoms with van der Waals surface area (Å²) < 4.78 is 41.9. The van der Waals surface area contributed by atoms with Gasteiger partial charge in [-0.15, -0.1) is 0 Å². The smallest absolute Gasteiger partial charge is 0.264 e. The van der Waals surface area contributed by atoms with E-state index in [0.29, 0.717) is 10.6 Å². The molecule has 38 heavy (non-hydrogen) atoms. The van der Waals surface area contributed by atoms with Gasteiger partial charge in [-0.2, -0.15) is 0 Å². The van der Waals surface area contributed by atoms with Gasteiger partial charge in [0.2, 0.25) is 11.8 Å². The lowest BCUT2D eigenvalue weighted by atomic mass is 10.1. The van der Waals surface area contributed by atoms with Gasteiger partial charge in [0, 0.05) is 17.6 Å². The number of nitrogens with zero attached hydrogens (tertiary/aromatic N) is 2. The van der Waals surface area contributed by atoms with E-state index < -0.39 is 34.3 Å². The van der Waals surface area contributed by atoms with Gasteiger partial charge < -0.3 is 10.2 Å². The zero-order chi connectivity index (χ0) is 27.9. The van der Waals surface area contributed by atoms with Crippen LogP contribution in [0.5, 0.6) is 0 Å². The topological polar surface area (TPSA) is 86.8 Å². The summed E-state index contributed by atoms with van der Waals surface area (Å²) >= 11 is 6.03. The molecule has 0 aliphatic rings. The molecule has 1 atom stereocenters. The molecule has 0 unspecified atom stereocenters. The molecule has 0 aliphatic carbocycles. The van der Waals surface area contributed by atoms with Crippen molar-refractivity contribution in [1.82, 2.24) is 10.2 Å². The second-order valence-electron chi connectivity index (χ2n) is 9.04. The van der Waals surface area contributed by atoms with Crippen LogP contribution in [0.1, 0.15) is 32.8 Å². The fraction of sp³-hybridized carbons (Fsp3) is 0.286. The van der Waals surface area contributed by atoms with Crippen molar-refractivity contribution in [2.45, 2.75) is 50.7 Å². The molecule has 202 valence electrons. The maximum Gasteiger partial charge on any atom is 0.264 e. The molecule has 0 aliphatic heterocycles. The molecule has 10 heteroatoms. The van der Waals surface area contributed by atoms with Crippen molar-refractivity contribution in [3.8, 4) is 0 Å². The highest BCUT2D eigenvalue weighted by Crippen LogP contribution is 2.26. The largest absolute Gasteiger partial charge is 0.352 e. The molecular formula is C28H31ClFN3O4S. The van der Waals surface area contributed by atoms with Crippen molar-refractivity contribution in [3.63, 3.8) is 0 Å². The van der Waals surface area contributed by atoms with Gasteiger partial charge in [-0.25, -0.2) is 12.8 Å². The van der Waals surface area contributed by atoms with Crippen molar-refractivity contribution in [3.05, 3.63) is 95.3 Å². The number of amides is 2. The van der Waals surface area contributed by atoms with Gasteiger partial charge in [0.15, 0.2) is 0 Å². The molecule has 0 radical (unpaired) electrons. The minimum absolute atomic E-state index is 0.0109. The third-order valence-electron chi connectivity index (χ3n) is 5.81. The van der Waals surface area contributed by atoms with Crippen LogP contribution in [0.3, 0.4) is 0 Å². The summed E-state index contributed by atoms with van der Waals surface area (Å²) in [5.41, 5.74) is 0.840. The lowest BCUT2D eigenvalue weighted by Gasteiger charge is -2.33. The van der Waals surface area contributed by atoms with E-state index in [1.807, 2.05) is 13.8 Å². The Kier molecular flexibility index (Phi) is 9.88. The van der Waals surface area contributed by atoms with Crippen LogP contribution in [0.25, 0.3) is 0 Å². The second-order valence-corrected chi connectivity index (χ2v) is 11.3. The van der Waals surface area contributed by atoms with E-state index in [1.165, 1.54) is 65.6 Å². The van der Waals surface area contributed by atoms with E-state index >= 15 is 0 Å². The highest BCUT2D eigenvalue weighted by Gasteiger charge is 2.33. The maximum atomic E-state index is 13.9. The number of hydrogen-bond acceptors (Lipinski definition) is 4. The molecule has 0 bridgehead atoms. The molecule has 0 spiro atoms. The Hall–Kier alpha value is -3.43. The molecule has 3 aromatic carbocycles. The molecule has 3 rings (SSSR count). The van der Waals surface area contributed by atoms with E-state index in [9.17, 15) is 22.4 Å². The lowest BCUT2D eigenvalue weighted by molar-refractivity contribution is -0.140. The second kappa shape index (κ2) is 12.9. The first kappa shape index (κ1) is 29.1. The summed E-state index contributed by atoms with van der Waals surface area (Å²) in [6.45, 7) is 4.82. The fourth-order valence-corrected chi connectivity index (χ4v) is 5.50. The summed E-state index contributed by atoms with van der Waals surface area (Å²) in [7, 11) is -4.15. The molecule has 0 saturated heterocycles. The first-order valence-electron chi connectivity index (χ1n) is 12.2. The van der Waals surface area contributed by atoms with Gasteiger partial charge in [-0.3, -0.25) is 13.9 Å². The van der Waals surface area contributed by atoms with Crippen LogP contribution in [0.2, 0.25) is 5.02 Å². The van der Waals surface area contributed by atoms with Crippen LogP contribution in [0.4, 0.5) is 10.1 Å². The SMILES string of the molecule is CC[C@H](C(=O)NC(C)C)N(Cc1ccc(F)cc1)C(=O)CN(c1ccc(Cl)cc1)S(=O)(=O)c1ccccc1. The summed E-state index contributed by atoms with van der Waals surface area (Å²) in [5, 5.41) is 3.24. The first-order chi connectivity index (χ1) is 18.0. The number of rotatable bonds is 11. The highest BCUT2D eigenvalue weighted by molar-refractivity contribution is 7.92. The summed E-state index contributed by atoms with van der Waals surface area (Å²) in [4.78, 5) is 28.3. The number of hydrogen-bond donors (Lipinski definition) is 1. The van der Waals surface area contributed by atoms with Crippen LogP contribution in [-0.4, -0.2) is 43.8 Å². The predicted molar refractivity (Wildman–Crippen MR) is 147 cm³/mol. The maximum absolute atomic E-state index is 13.9. The molecule has 3 aromatic rings. The lowest BCUT2D eigenvalue weighted by Crippen LogP contribution is -2.53.